The van der Waals surface area contributed by atoms with Gasteiger partial charge in [-0.2, -0.15) is 5.26 Å². The van der Waals surface area contributed by atoms with E-state index in [4.69, 9.17) is 11.0 Å². The van der Waals surface area contributed by atoms with Crippen LogP contribution in [0.15, 0.2) is 12.1 Å². The van der Waals surface area contributed by atoms with E-state index in [1.807, 2.05) is 6.07 Å². The second-order valence-corrected chi connectivity index (χ2v) is 3.83. The van der Waals surface area contributed by atoms with Crippen molar-refractivity contribution in [2.75, 3.05) is 0 Å². The Hall–Kier alpha value is -0.850. The molecule has 0 spiro atoms. The van der Waals surface area contributed by atoms with Crippen LogP contribution >= 0.6 is 11.3 Å². The quantitative estimate of drug-likeness (QED) is 0.775. The van der Waals surface area contributed by atoms with Gasteiger partial charge in [-0.3, -0.25) is 0 Å². The molecule has 0 unspecified atom stereocenters. The van der Waals surface area contributed by atoms with Gasteiger partial charge in [0, 0.05) is 9.75 Å². The van der Waals surface area contributed by atoms with E-state index in [2.05, 4.69) is 19.1 Å². The minimum Gasteiger partial charge on any atom is -0.322 e. The van der Waals surface area contributed by atoms with Crippen molar-refractivity contribution in [3.63, 3.8) is 0 Å². The molecule has 1 rings (SSSR count). The predicted molar refractivity (Wildman–Crippen MR) is 50.9 cm³/mol. The number of hydrogen-bond donors (Lipinski definition) is 1. The summed E-state index contributed by atoms with van der Waals surface area (Å²) in [7, 11) is 0. The second-order valence-electron chi connectivity index (χ2n) is 2.63. The zero-order chi connectivity index (χ0) is 8.97. The molecule has 3 heteroatoms. The Morgan fingerprint density at radius 1 is 1.67 bits per heavy atom. The van der Waals surface area contributed by atoms with Gasteiger partial charge >= 0.3 is 0 Å². The average molecular weight is 180 g/mol. The molecule has 0 aliphatic heterocycles. The fraction of sp³-hybridized carbons (Fsp3) is 0.444. The maximum absolute atomic E-state index is 8.44. The smallest absolute Gasteiger partial charge is 0.0642 e. The van der Waals surface area contributed by atoms with Gasteiger partial charge in [-0.1, -0.05) is 6.92 Å². The molecule has 0 aliphatic rings. The largest absolute Gasteiger partial charge is 0.322 e. The zero-order valence-corrected chi connectivity index (χ0v) is 7.90. The van der Waals surface area contributed by atoms with Gasteiger partial charge in [-0.15, -0.1) is 11.3 Å². The normalized spacial score (nSPS) is 12.4. The average Bonchev–Trinajstić information content (AvgIpc) is 2.52. The molecule has 0 bridgehead atoms. The highest BCUT2D eigenvalue weighted by molar-refractivity contribution is 7.12. The molecule has 12 heavy (non-hydrogen) atoms. The first-order chi connectivity index (χ1) is 5.77. The van der Waals surface area contributed by atoms with Gasteiger partial charge < -0.3 is 5.73 Å². The molecule has 1 atom stereocenters. The minimum absolute atomic E-state index is 0.0969. The molecule has 0 radical (unpaired) electrons. The number of nitrogens with two attached hydrogens (primary N) is 1. The lowest BCUT2D eigenvalue weighted by atomic mass is 10.2. The van der Waals surface area contributed by atoms with Crippen LogP contribution in [0.25, 0.3) is 0 Å². The number of thiophene rings is 1. The van der Waals surface area contributed by atoms with Crippen molar-refractivity contribution in [3.8, 4) is 6.07 Å². The Bertz CT molecular complexity index is 285. The number of rotatable bonds is 3. The Labute approximate surface area is 76.6 Å². The summed E-state index contributed by atoms with van der Waals surface area (Å²) in [5.41, 5.74) is 5.76. The first-order valence-electron chi connectivity index (χ1n) is 3.99. The standard InChI is InChI=1S/C9H12N2S/c1-2-7-3-4-9(12-7)8(11)5-6-10/h3-4,8H,2,5,11H2,1H3/t8-/m0/s1. The summed E-state index contributed by atoms with van der Waals surface area (Å²) in [6.07, 6.45) is 1.45. The summed E-state index contributed by atoms with van der Waals surface area (Å²) in [6.45, 7) is 2.12. The van der Waals surface area contributed by atoms with Crippen LogP contribution in [0.4, 0.5) is 0 Å². The van der Waals surface area contributed by atoms with Crippen molar-refractivity contribution >= 4 is 11.3 Å². The maximum atomic E-state index is 8.44. The van der Waals surface area contributed by atoms with Crippen molar-refractivity contribution in [2.24, 2.45) is 5.73 Å². The third-order valence-electron chi connectivity index (χ3n) is 1.71. The molecule has 0 amide bonds. The fourth-order valence-corrected chi connectivity index (χ4v) is 1.94. The first-order valence-corrected chi connectivity index (χ1v) is 4.80. The van der Waals surface area contributed by atoms with Crippen molar-refractivity contribution < 1.29 is 0 Å². The van der Waals surface area contributed by atoms with Crippen LogP contribution in [-0.4, -0.2) is 0 Å². The number of hydrogen-bond acceptors (Lipinski definition) is 3. The van der Waals surface area contributed by atoms with Crippen LogP contribution < -0.4 is 5.73 Å². The Kier molecular flexibility index (Phi) is 3.27. The van der Waals surface area contributed by atoms with Gasteiger partial charge in [0.15, 0.2) is 0 Å². The molecule has 0 saturated heterocycles. The highest BCUT2D eigenvalue weighted by Gasteiger charge is 2.07. The predicted octanol–water partition coefficient (Wildman–Crippen LogP) is 2.22. The van der Waals surface area contributed by atoms with Gasteiger partial charge in [0.25, 0.3) is 0 Å². The van der Waals surface area contributed by atoms with Gasteiger partial charge in [-0.25, -0.2) is 0 Å². The van der Waals surface area contributed by atoms with Crippen LogP contribution in [0.2, 0.25) is 0 Å². The molecule has 2 N–H and O–H groups in total. The Morgan fingerprint density at radius 3 is 2.92 bits per heavy atom. The lowest BCUT2D eigenvalue weighted by molar-refractivity contribution is 0.765. The number of nitriles is 1. The molecule has 1 aromatic heterocycles. The van der Waals surface area contributed by atoms with E-state index >= 15 is 0 Å². The molecule has 0 aliphatic carbocycles. The highest BCUT2D eigenvalue weighted by atomic mass is 32.1. The van der Waals surface area contributed by atoms with E-state index in [1.54, 1.807) is 11.3 Å². The molecule has 0 fully saturated rings. The van der Waals surface area contributed by atoms with Crippen LogP contribution in [0.1, 0.15) is 29.1 Å². The summed E-state index contributed by atoms with van der Waals surface area (Å²) in [5.74, 6) is 0. The maximum Gasteiger partial charge on any atom is 0.0642 e. The SMILES string of the molecule is CCc1ccc([C@@H](N)CC#N)s1. The van der Waals surface area contributed by atoms with Gasteiger partial charge in [0.05, 0.1) is 18.5 Å². The molecular formula is C9H12N2S. The Morgan fingerprint density at radius 2 is 2.42 bits per heavy atom. The van der Waals surface area contributed by atoms with Gasteiger partial charge in [0.2, 0.25) is 0 Å². The Balaban J connectivity index is 2.69. The van der Waals surface area contributed by atoms with E-state index in [9.17, 15) is 0 Å². The van der Waals surface area contributed by atoms with E-state index in [0.717, 1.165) is 11.3 Å². The summed E-state index contributed by atoms with van der Waals surface area (Å²) >= 11 is 1.70. The molecule has 1 heterocycles. The lowest BCUT2D eigenvalue weighted by Crippen LogP contribution is -2.06. The molecule has 0 saturated carbocycles. The summed E-state index contributed by atoms with van der Waals surface area (Å²) in [6, 6.07) is 6.08. The molecular weight excluding hydrogens is 168 g/mol. The van der Waals surface area contributed by atoms with Crippen molar-refractivity contribution in [1.82, 2.24) is 0 Å². The molecule has 64 valence electrons. The van der Waals surface area contributed by atoms with E-state index in [0.29, 0.717) is 6.42 Å². The molecule has 0 aromatic carbocycles. The third-order valence-corrected chi connectivity index (χ3v) is 3.07. The van der Waals surface area contributed by atoms with E-state index in [1.165, 1.54) is 4.88 Å². The van der Waals surface area contributed by atoms with Crippen LogP contribution in [0, 0.1) is 11.3 Å². The zero-order valence-electron chi connectivity index (χ0n) is 7.08. The van der Waals surface area contributed by atoms with Crippen molar-refractivity contribution in [3.05, 3.63) is 21.9 Å². The topological polar surface area (TPSA) is 49.8 Å². The summed E-state index contributed by atoms with van der Waals surface area (Å²) < 4.78 is 0. The van der Waals surface area contributed by atoms with Crippen LogP contribution in [0.5, 0.6) is 0 Å². The number of nitrogens with zero attached hydrogens (tertiary/aromatic N) is 1. The third kappa shape index (κ3) is 2.07. The van der Waals surface area contributed by atoms with E-state index in [-0.39, 0.29) is 6.04 Å². The van der Waals surface area contributed by atoms with E-state index < -0.39 is 0 Å². The summed E-state index contributed by atoms with van der Waals surface area (Å²) in [4.78, 5) is 2.45. The molecule has 1 aromatic rings. The monoisotopic (exact) mass is 180 g/mol. The molecule has 2 nitrogen and oxygen atoms in total. The number of aryl methyl sites for hydroxylation is 1. The van der Waals surface area contributed by atoms with Crippen molar-refractivity contribution in [1.29, 1.82) is 5.26 Å². The van der Waals surface area contributed by atoms with Gasteiger partial charge in [-0.05, 0) is 18.6 Å². The second kappa shape index (κ2) is 4.24. The first kappa shape index (κ1) is 9.24. The fourth-order valence-electron chi connectivity index (χ4n) is 0.983. The van der Waals surface area contributed by atoms with Crippen LogP contribution in [0.3, 0.4) is 0 Å². The highest BCUT2D eigenvalue weighted by Crippen LogP contribution is 2.23. The van der Waals surface area contributed by atoms with Crippen molar-refractivity contribution in [2.45, 2.75) is 25.8 Å². The minimum atomic E-state index is -0.0969. The summed E-state index contributed by atoms with van der Waals surface area (Å²) in [5, 5.41) is 8.44. The van der Waals surface area contributed by atoms with Gasteiger partial charge in [0.1, 0.15) is 0 Å². The van der Waals surface area contributed by atoms with Crippen LogP contribution in [-0.2, 0) is 6.42 Å². The lowest BCUT2D eigenvalue weighted by Gasteiger charge is -2.01.